The van der Waals surface area contributed by atoms with Crippen molar-refractivity contribution in [2.75, 3.05) is 0 Å². The number of nitrogens with one attached hydrogen (secondary N) is 1. The van der Waals surface area contributed by atoms with Crippen LogP contribution in [0.4, 0.5) is 0 Å². The van der Waals surface area contributed by atoms with E-state index in [9.17, 15) is 5.11 Å². The van der Waals surface area contributed by atoms with E-state index in [2.05, 4.69) is 50.4 Å². The quantitative estimate of drug-likeness (QED) is 0.864. The Labute approximate surface area is 144 Å². The number of phenolic OH excluding ortho intramolecular Hbond substituents is 1. The fourth-order valence-corrected chi connectivity index (χ4v) is 3.25. The smallest absolute Gasteiger partial charge is 0.120 e. The van der Waals surface area contributed by atoms with Crippen molar-refractivity contribution >= 4 is 5.71 Å². The van der Waals surface area contributed by atoms with Crippen molar-refractivity contribution in [1.82, 2.24) is 5.32 Å². The van der Waals surface area contributed by atoms with Gasteiger partial charge >= 0.3 is 0 Å². The molecule has 3 nitrogen and oxygen atoms in total. The fraction of sp³-hybridized carbons (Fsp3) is 0.381. The van der Waals surface area contributed by atoms with Crippen LogP contribution >= 0.6 is 0 Å². The van der Waals surface area contributed by atoms with Gasteiger partial charge in [-0.15, -0.1) is 0 Å². The van der Waals surface area contributed by atoms with E-state index in [-0.39, 0.29) is 12.2 Å². The molecule has 0 unspecified atom stereocenters. The molecule has 0 aromatic heterocycles. The van der Waals surface area contributed by atoms with Crippen molar-refractivity contribution in [3.05, 3.63) is 65.2 Å². The molecule has 2 atom stereocenters. The molecule has 1 heterocycles. The maximum absolute atomic E-state index is 10.2. The maximum Gasteiger partial charge on any atom is 0.120 e. The number of phenols is 1. The van der Waals surface area contributed by atoms with Gasteiger partial charge in [0.25, 0.3) is 0 Å². The van der Waals surface area contributed by atoms with E-state index in [1.807, 2.05) is 18.2 Å². The number of aryl methyl sites for hydroxylation is 1. The Hall–Kier alpha value is -2.13. The van der Waals surface area contributed by atoms with Gasteiger partial charge in [-0.25, -0.2) is 0 Å². The summed E-state index contributed by atoms with van der Waals surface area (Å²) >= 11 is 0. The molecule has 2 N–H and O–H groups in total. The zero-order chi connectivity index (χ0) is 17.1. The number of hydrogen-bond donors (Lipinski definition) is 2. The van der Waals surface area contributed by atoms with Gasteiger partial charge in [-0.1, -0.05) is 61.9 Å². The third kappa shape index (κ3) is 3.85. The van der Waals surface area contributed by atoms with Crippen molar-refractivity contribution in [2.45, 2.75) is 45.8 Å². The SMILES string of the molecule is Cc1ccc(C2=N[C@H](CC(C)C)N[C@H](c3ccccc3O)C2)cc1. The molecule has 2 aromatic carbocycles. The molecular weight excluding hydrogens is 296 g/mol. The topological polar surface area (TPSA) is 44.6 Å². The highest BCUT2D eigenvalue weighted by molar-refractivity contribution is 6.01. The summed E-state index contributed by atoms with van der Waals surface area (Å²) in [5.41, 5.74) is 4.50. The Morgan fingerprint density at radius 1 is 1.12 bits per heavy atom. The van der Waals surface area contributed by atoms with Crippen LogP contribution in [0.2, 0.25) is 0 Å². The molecule has 0 saturated heterocycles. The summed E-state index contributed by atoms with van der Waals surface area (Å²) in [6.45, 7) is 6.53. The van der Waals surface area contributed by atoms with E-state index in [0.29, 0.717) is 11.7 Å². The van der Waals surface area contributed by atoms with Crippen LogP contribution in [0.1, 0.15) is 49.4 Å². The van der Waals surface area contributed by atoms with Crippen LogP contribution in [0, 0.1) is 12.8 Å². The molecule has 1 aliphatic heterocycles. The van der Waals surface area contributed by atoms with E-state index in [4.69, 9.17) is 4.99 Å². The molecule has 0 aliphatic carbocycles. The summed E-state index contributed by atoms with van der Waals surface area (Å²) in [5.74, 6) is 0.914. The molecule has 0 saturated carbocycles. The number of nitrogens with zero attached hydrogens (tertiary/aromatic N) is 1. The Kier molecular flexibility index (Phi) is 5.00. The highest BCUT2D eigenvalue weighted by atomic mass is 16.3. The van der Waals surface area contributed by atoms with E-state index < -0.39 is 0 Å². The van der Waals surface area contributed by atoms with Gasteiger partial charge in [0.1, 0.15) is 11.9 Å². The van der Waals surface area contributed by atoms with Crippen LogP contribution in [0.15, 0.2) is 53.5 Å². The van der Waals surface area contributed by atoms with Gasteiger partial charge in [0.15, 0.2) is 0 Å². The number of aromatic hydroxyl groups is 1. The minimum atomic E-state index is 0.0830. The van der Waals surface area contributed by atoms with Crippen molar-refractivity contribution < 1.29 is 5.11 Å². The van der Waals surface area contributed by atoms with Gasteiger partial charge in [0.2, 0.25) is 0 Å². The average molecular weight is 322 g/mol. The second-order valence-corrected chi connectivity index (χ2v) is 7.07. The first kappa shape index (κ1) is 16.7. The van der Waals surface area contributed by atoms with E-state index >= 15 is 0 Å². The average Bonchev–Trinajstić information content (AvgIpc) is 2.55. The highest BCUT2D eigenvalue weighted by Gasteiger charge is 2.26. The number of rotatable bonds is 4. The molecule has 0 fully saturated rings. The van der Waals surface area contributed by atoms with Crippen LogP contribution in [0.25, 0.3) is 0 Å². The third-order valence-corrected chi connectivity index (χ3v) is 4.49. The lowest BCUT2D eigenvalue weighted by Crippen LogP contribution is -2.39. The molecule has 0 spiro atoms. The second-order valence-electron chi connectivity index (χ2n) is 7.07. The standard InChI is InChI=1S/C21H26N2O/c1-14(2)12-21-22-18(16-10-8-15(3)9-11-16)13-19(23-21)17-6-4-5-7-20(17)24/h4-11,14,19,21,23-24H,12-13H2,1-3H3/t19-,21-/m0/s1. The lowest BCUT2D eigenvalue weighted by Gasteiger charge is -2.31. The lowest BCUT2D eigenvalue weighted by molar-refractivity contribution is 0.363. The Morgan fingerprint density at radius 3 is 2.50 bits per heavy atom. The predicted molar refractivity (Wildman–Crippen MR) is 99.6 cm³/mol. The Balaban J connectivity index is 1.93. The highest BCUT2D eigenvalue weighted by Crippen LogP contribution is 2.31. The summed E-state index contributed by atoms with van der Waals surface area (Å²) in [4.78, 5) is 4.95. The van der Waals surface area contributed by atoms with Gasteiger partial charge in [-0.3, -0.25) is 10.3 Å². The van der Waals surface area contributed by atoms with Crippen LogP contribution in [-0.4, -0.2) is 17.0 Å². The predicted octanol–water partition coefficient (Wildman–Crippen LogP) is 4.60. The maximum atomic E-state index is 10.2. The Morgan fingerprint density at radius 2 is 1.83 bits per heavy atom. The van der Waals surface area contributed by atoms with Crippen LogP contribution < -0.4 is 5.32 Å². The van der Waals surface area contributed by atoms with Gasteiger partial charge in [-0.05, 0) is 30.9 Å². The molecule has 0 amide bonds. The van der Waals surface area contributed by atoms with Crippen molar-refractivity contribution in [3.63, 3.8) is 0 Å². The summed E-state index contributed by atoms with van der Waals surface area (Å²) in [6.07, 6.45) is 1.86. The first-order valence-corrected chi connectivity index (χ1v) is 8.70. The molecule has 24 heavy (non-hydrogen) atoms. The van der Waals surface area contributed by atoms with Gasteiger partial charge in [-0.2, -0.15) is 0 Å². The van der Waals surface area contributed by atoms with Crippen molar-refractivity contribution in [1.29, 1.82) is 0 Å². The summed E-state index contributed by atoms with van der Waals surface area (Å²) < 4.78 is 0. The molecule has 2 aromatic rings. The van der Waals surface area contributed by atoms with E-state index in [1.165, 1.54) is 11.1 Å². The molecule has 3 rings (SSSR count). The van der Waals surface area contributed by atoms with Crippen molar-refractivity contribution in [2.24, 2.45) is 10.9 Å². The number of para-hydroxylation sites is 1. The number of benzene rings is 2. The summed E-state index contributed by atoms with van der Waals surface area (Å²) in [6, 6.07) is 16.2. The summed E-state index contributed by atoms with van der Waals surface area (Å²) in [5, 5.41) is 13.8. The zero-order valence-corrected chi connectivity index (χ0v) is 14.7. The van der Waals surface area contributed by atoms with Gasteiger partial charge in [0, 0.05) is 23.7 Å². The first-order chi connectivity index (χ1) is 11.5. The minimum absolute atomic E-state index is 0.0830. The second kappa shape index (κ2) is 7.18. The molecule has 3 heteroatoms. The van der Waals surface area contributed by atoms with Crippen LogP contribution in [0.3, 0.4) is 0 Å². The largest absolute Gasteiger partial charge is 0.508 e. The zero-order valence-electron chi connectivity index (χ0n) is 14.7. The molecule has 1 aliphatic rings. The van der Waals surface area contributed by atoms with Crippen LogP contribution in [-0.2, 0) is 0 Å². The lowest BCUT2D eigenvalue weighted by atomic mass is 9.93. The van der Waals surface area contributed by atoms with Crippen LogP contribution in [0.5, 0.6) is 5.75 Å². The van der Waals surface area contributed by atoms with E-state index in [0.717, 1.165) is 24.1 Å². The van der Waals surface area contributed by atoms with Gasteiger partial charge < -0.3 is 5.11 Å². The summed E-state index contributed by atoms with van der Waals surface area (Å²) in [7, 11) is 0. The fourth-order valence-electron chi connectivity index (χ4n) is 3.25. The normalized spacial score (nSPS) is 20.9. The van der Waals surface area contributed by atoms with Gasteiger partial charge in [0.05, 0.1) is 0 Å². The van der Waals surface area contributed by atoms with Crippen molar-refractivity contribution in [3.8, 4) is 5.75 Å². The molecular formula is C21H26N2O. The monoisotopic (exact) mass is 322 g/mol. The first-order valence-electron chi connectivity index (χ1n) is 8.70. The third-order valence-electron chi connectivity index (χ3n) is 4.49. The number of hydrogen-bond acceptors (Lipinski definition) is 3. The molecule has 0 radical (unpaired) electrons. The minimum Gasteiger partial charge on any atom is -0.508 e. The molecule has 126 valence electrons. The number of aliphatic imine (C=N–C) groups is 1. The van der Waals surface area contributed by atoms with E-state index in [1.54, 1.807) is 6.07 Å². The molecule has 0 bridgehead atoms. The Bertz CT molecular complexity index is 719.